The summed E-state index contributed by atoms with van der Waals surface area (Å²) >= 11 is 1.07. The van der Waals surface area contributed by atoms with Crippen LogP contribution in [0.25, 0.3) is 11.8 Å². The summed E-state index contributed by atoms with van der Waals surface area (Å²) in [5.74, 6) is -0.543. The van der Waals surface area contributed by atoms with Crippen LogP contribution in [0.2, 0.25) is 0 Å². The lowest BCUT2D eigenvalue weighted by Crippen LogP contribution is -2.33. The standard InChI is InChI=1S/C20H23N3O4S/c1-4-6-9-23-18(25)17(12-22-14-7-8-16(24)13(3)10-14)28-19(23)15(11-21)20(26)27-5-2/h7-8,10,12,22,24H,4-6,9H2,1-3H3. The highest BCUT2D eigenvalue weighted by Gasteiger charge is 2.16. The van der Waals surface area contributed by atoms with Crippen LogP contribution < -0.4 is 20.1 Å². The van der Waals surface area contributed by atoms with E-state index in [-0.39, 0.29) is 23.5 Å². The number of hydrogen-bond acceptors (Lipinski definition) is 7. The van der Waals surface area contributed by atoms with E-state index in [2.05, 4.69) is 5.32 Å². The average Bonchev–Trinajstić information content (AvgIpc) is 2.97. The molecule has 2 aromatic rings. The molecule has 0 unspecified atom stereocenters. The van der Waals surface area contributed by atoms with Crippen LogP contribution in [0, 0.1) is 18.3 Å². The molecular weight excluding hydrogens is 378 g/mol. The number of benzene rings is 1. The van der Waals surface area contributed by atoms with Crippen LogP contribution >= 0.6 is 11.3 Å². The smallest absolute Gasteiger partial charge is 0.351 e. The normalized spacial score (nSPS) is 12.4. The number of nitrogens with zero attached hydrogens (tertiary/aromatic N) is 2. The van der Waals surface area contributed by atoms with Crippen molar-refractivity contribution < 1.29 is 14.6 Å². The van der Waals surface area contributed by atoms with Crippen molar-refractivity contribution in [1.82, 2.24) is 4.57 Å². The van der Waals surface area contributed by atoms with E-state index in [9.17, 15) is 20.0 Å². The molecule has 8 heteroatoms. The number of aromatic hydroxyl groups is 1. The highest BCUT2D eigenvalue weighted by atomic mass is 32.1. The van der Waals surface area contributed by atoms with Crippen LogP contribution in [0.3, 0.4) is 0 Å². The largest absolute Gasteiger partial charge is 0.508 e. The predicted octanol–water partition coefficient (Wildman–Crippen LogP) is 1.81. The Morgan fingerprint density at radius 3 is 2.79 bits per heavy atom. The molecule has 0 radical (unpaired) electrons. The second-order valence-electron chi connectivity index (χ2n) is 6.08. The zero-order valence-corrected chi connectivity index (χ0v) is 16.9. The minimum atomic E-state index is -0.731. The summed E-state index contributed by atoms with van der Waals surface area (Å²) in [7, 11) is 0. The second kappa shape index (κ2) is 9.76. The van der Waals surface area contributed by atoms with E-state index in [4.69, 9.17) is 4.74 Å². The molecule has 0 fully saturated rings. The monoisotopic (exact) mass is 401 g/mol. The number of nitrogens with one attached hydrogen (secondary N) is 1. The fraction of sp³-hybridized carbons (Fsp3) is 0.350. The highest BCUT2D eigenvalue weighted by Crippen LogP contribution is 2.19. The van der Waals surface area contributed by atoms with Crippen molar-refractivity contribution in [3.63, 3.8) is 0 Å². The number of carbonyl (C=O) groups is 1. The van der Waals surface area contributed by atoms with Gasteiger partial charge in [0.15, 0.2) is 5.57 Å². The Morgan fingerprint density at radius 1 is 1.43 bits per heavy atom. The fourth-order valence-electron chi connectivity index (χ4n) is 2.50. The summed E-state index contributed by atoms with van der Waals surface area (Å²) in [6, 6.07) is 6.88. The number of esters is 1. The first-order chi connectivity index (χ1) is 13.4. The van der Waals surface area contributed by atoms with E-state index in [1.54, 1.807) is 38.2 Å². The van der Waals surface area contributed by atoms with Crippen LogP contribution in [-0.2, 0) is 16.1 Å². The topological polar surface area (TPSA) is 104 Å². The number of phenolic OH excluding ortho intramolecular Hbond substituents is 1. The van der Waals surface area contributed by atoms with Gasteiger partial charge >= 0.3 is 5.97 Å². The van der Waals surface area contributed by atoms with E-state index < -0.39 is 5.97 Å². The van der Waals surface area contributed by atoms with Crippen molar-refractivity contribution in [2.75, 3.05) is 11.9 Å². The molecule has 0 atom stereocenters. The molecule has 0 amide bonds. The highest BCUT2D eigenvalue weighted by molar-refractivity contribution is 7.07. The van der Waals surface area contributed by atoms with E-state index in [0.29, 0.717) is 27.0 Å². The number of rotatable bonds is 7. The fourth-order valence-corrected chi connectivity index (χ4v) is 3.54. The van der Waals surface area contributed by atoms with Crippen molar-refractivity contribution in [1.29, 1.82) is 5.26 Å². The van der Waals surface area contributed by atoms with Crippen LogP contribution in [0.4, 0.5) is 5.69 Å². The van der Waals surface area contributed by atoms with E-state index in [1.807, 2.05) is 13.0 Å². The van der Waals surface area contributed by atoms with Gasteiger partial charge in [-0.2, -0.15) is 5.26 Å². The van der Waals surface area contributed by atoms with Crippen LogP contribution in [-0.4, -0.2) is 22.2 Å². The number of nitriles is 1. The molecule has 0 aliphatic carbocycles. The van der Waals surface area contributed by atoms with Gasteiger partial charge in [0.2, 0.25) is 0 Å². The third-order valence-corrected chi connectivity index (χ3v) is 5.15. The molecule has 0 saturated carbocycles. The number of aryl methyl sites for hydroxylation is 1. The van der Waals surface area contributed by atoms with Gasteiger partial charge in [-0.05, 0) is 44.0 Å². The third kappa shape index (κ3) is 4.81. The molecule has 0 aliphatic heterocycles. The molecular formula is C20H23N3O4S. The van der Waals surface area contributed by atoms with Gasteiger partial charge < -0.3 is 15.2 Å². The average molecular weight is 401 g/mol. The summed E-state index contributed by atoms with van der Waals surface area (Å²) in [6.07, 6.45) is 3.16. The minimum Gasteiger partial charge on any atom is -0.508 e. The minimum absolute atomic E-state index is 0.148. The Bertz CT molecular complexity index is 1080. The zero-order chi connectivity index (χ0) is 20.7. The molecule has 7 nitrogen and oxygen atoms in total. The Labute approximate surface area is 166 Å². The number of thiazole rings is 1. The maximum atomic E-state index is 12.8. The second-order valence-corrected chi connectivity index (χ2v) is 7.11. The number of anilines is 1. The molecule has 0 aliphatic rings. The molecule has 28 heavy (non-hydrogen) atoms. The maximum absolute atomic E-state index is 12.8. The number of ether oxygens (including phenoxy) is 1. The first kappa shape index (κ1) is 21.3. The zero-order valence-electron chi connectivity index (χ0n) is 16.1. The Morgan fingerprint density at radius 2 is 2.18 bits per heavy atom. The summed E-state index contributed by atoms with van der Waals surface area (Å²) in [5.41, 5.74) is 0.973. The molecule has 2 N–H and O–H groups in total. The van der Waals surface area contributed by atoms with Gasteiger partial charge in [-0.1, -0.05) is 13.3 Å². The molecule has 148 valence electrons. The number of unbranched alkanes of at least 4 members (excludes halogenated alkanes) is 1. The predicted molar refractivity (Wildman–Crippen MR) is 109 cm³/mol. The number of aromatic nitrogens is 1. The molecule has 0 saturated heterocycles. The molecule has 1 aromatic carbocycles. The quantitative estimate of drug-likeness (QED) is 0.542. The van der Waals surface area contributed by atoms with Crippen molar-refractivity contribution in [3.05, 3.63) is 43.3 Å². The van der Waals surface area contributed by atoms with Gasteiger partial charge in [0, 0.05) is 18.4 Å². The maximum Gasteiger partial charge on any atom is 0.351 e. The van der Waals surface area contributed by atoms with Crippen molar-refractivity contribution in [2.24, 2.45) is 0 Å². The number of hydrogen-bond donors (Lipinski definition) is 2. The number of carbonyl (C=O) groups excluding carboxylic acids is 1. The van der Waals surface area contributed by atoms with E-state index in [0.717, 1.165) is 24.2 Å². The van der Waals surface area contributed by atoms with Crippen LogP contribution in [0.1, 0.15) is 32.3 Å². The molecule has 1 heterocycles. The van der Waals surface area contributed by atoms with E-state index in [1.165, 1.54) is 4.57 Å². The third-order valence-electron chi connectivity index (χ3n) is 4.01. The Balaban J connectivity index is 2.58. The van der Waals surface area contributed by atoms with E-state index >= 15 is 0 Å². The van der Waals surface area contributed by atoms with Gasteiger partial charge in [-0.3, -0.25) is 9.36 Å². The first-order valence-electron chi connectivity index (χ1n) is 9.00. The number of phenols is 1. The molecule has 1 aromatic heterocycles. The summed E-state index contributed by atoms with van der Waals surface area (Å²) < 4.78 is 7.08. The molecule has 0 bridgehead atoms. The van der Waals surface area contributed by atoms with Gasteiger partial charge in [-0.15, -0.1) is 11.3 Å². The summed E-state index contributed by atoms with van der Waals surface area (Å²) in [5, 5.41) is 22.1. The summed E-state index contributed by atoms with van der Waals surface area (Å²) in [6.45, 7) is 6.00. The molecule has 0 spiro atoms. The first-order valence-corrected chi connectivity index (χ1v) is 9.82. The van der Waals surface area contributed by atoms with Gasteiger partial charge in [0.1, 0.15) is 21.0 Å². The lowest BCUT2D eigenvalue weighted by atomic mass is 10.2. The van der Waals surface area contributed by atoms with Gasteiger partial charge in [0.05, 0.1) is 6.61 Å². The van der Waals surface area contributed by atoms with Crippen molar-refractivity contribution >= 4 is 34.8 Å². The van der Waals surface area contributed by atoms with Crippen molar-refractivity contribution in [3.8, 4) is 11.8 Å². The van der Waals surface area contributed by atoms with Crippen molar-refractivity contribution in [2.45, 2.75) is 40.2 Å². The van der Waals surface area contributed by atoms with Gasteiger partial charge in [0.25, 0.3) is 5.56 Å². The SMILES string of the molecule is CCCCn1c(=C(C#N)C(=O)OCC)sc(=CNc2ccc(O)c(C)c2)c1=O. The van der Waals surface area contributed by atoms with Gasteiger partial charge in [-0.25, -0.2) is 4.79 Å². The van der Waals surface area contributed by atoms with Crippen LogP contribution in [0.15, 0.2) is 23.0 Å². The lowest BCUT2D eigenvalue weighted by Gasteiger charge is -2.03. The Hall–Kier alpha value is -3.05. The summed E-state index contributed by atoms with van der Waals surface area (Å²) in [4.78, 5) is 25.0. The van der Waals surface area contributed by atoms with Crippen LogP contribution in [0.5, 0.6) is 5.75 Å². The lowest BCUT2D eigenvalue weighted by molar-refractivity contribution is -0.136. The Kier molecular flexibility index (Phi) is 7.41. The molecule has 2 rings (SSSR count).